The zero-order valence-corrected chi connectivity index (χ0v) is 14.5. The molecule has 98 valence electrons. The van der Waals surface area contributed by atoms with Crippen LogP contribution in [0.5, 0.6) is 5.75 Å². The molecule has 0 fully saturated rings. The van der Waals surface area contributed by atoms with Gasteiger partial charge >= 0.3 is 29.6 Å². The van der Waals surface area contributed by atoms with E-state index in [2.05, 4.69) is 6.92 Å². The number of halogens is 1. The van der Waals surface area contributed by atoms with Gasteiger partial charge in [0.1, 0.15) is 5.75 Å². The molecule has 3 heteroatoms. The molecule has 0 bridgehead atoms. The first kappa shape index (κ1) is 20.6. The fraction of sp³-hybridized carbons (Fsp3) is 0.600. The number of para-hydroxylation sites is 1. The molecule has 0 heterocycles. The second-order valence-corrected chi connectivity index (χ2v) is 4.50. The zero-order chi connectivity index (χ0) is 11.6. The van der Waals surface area contributed by atoms with Crippen molar-refractivity contribution in [3.05, 3.63) is 29.8 Å². The average Bonchev–Trinajstić information content (AvgIpc) is 2.30. The van der Waals surface area contributed by atoms with Gasteiger partial charge in [0.2, 0.25) is 0 Å². The number of rotatable bonds is 8. The van der Waals surface area contributed by atoms with Crippen LogP contribution in [0.25, 0.3) is 0 Å². The molecule has 0 aliphatic heterocycles. The van der Waals surface area contributed by atoms with Gasteiger partial charge in [-0.2, -0.15) is 0 Å². The summed E-state index contributed by atoms with van der Waals surface area (Å²) in [6.07, 6.45) is 10.3. The molecule has 1 nitrogen and oxygen atoms in total. The molecule has 0 aliphatic carbocycles. The van der Waals surface area contributed by atoms with Crippen LogP contribution in [0.15, 0.2) is 24.3 Å². The van der Waals surface area contributed by atoms with Crippen molar-refractivity contribution < 1.29 is 47.1 Å². The number of benzene rings is 1. The molecule has 0 aromatic heterocycles. The van der Waals surface area contributed by atoms with Crippen LogP contribution in [0.2, 0.25) is 0 Å². The summed E-state index contributed by atoms with van der Waals surface area (Å²) in [5.74, 6) is 0.452. The van der Waals surface area contributed by atoms with Crippen LogP contribution >= 0.6 is 0 Å². The van der Waals surface area contributed by atoms with Gasteiger partial charge in [-0.3, -0.25) is 0 Å². The normalized spacial score (nSPS) is 9.39. The van der Waals surface area contributed by atoms with Crippen molar-refractivity contribution in [1.82, 2.24) is 0 Å². The predicted octanol–water partition coefficient (Wildman–Crippen LogP) is -1.31. The Balaban J connectivity index is 0. The third-order valence-corrected chi connectivity index (χ3v) is 3.04. The molecule has 0 atom stereocenters. The van der Waals surface area contributed by atoms with Crippen LogP contribution in [0, 0.1) is 0 Å². The second-order valence-electron chi connectivity index (χ2n) is 4.50. The number of hydrogen-bond donors (Lipinski definition) is 1. The smallest absolute Gasteiger partial charge is 1.00 e. The van der Waals surface area contributed by atoms with E-state index in [1.54, 1.807) is 6.07 Å². The standard InChI is InChI=1S/C15H24O.ClH.Na/c1-2-3-4-5-6-7-8-11-14-12-9-10-13-15(14)16;;/h9-10,12-13,16H,2-8,11H2,1H3;1H;/q;;+1/p-1. The fourth-order valence-corrected chi connectivity index (χ4v) is 1.99. The van der Waals surface area contributed by atoms with Crippen LogP contribution in [0.1, 0.15) is 57.4 Å². The molecule has 0 saturated heterocycles. The molecule has 1 aromatic rings. The third kappa shape index (κ3) is 9.27. The molecule has 0 unspecified atom stereocenters. The molecule has 0 radical (unpaired) electrons. The number of unbranched alkanes of at least 4 members (excludes halogenated alkanes) is 6. The van der Waals surface area contributed by atoms with E-state index >= 15 is 0 Å². The first-order chi connectivity index (χ1) is 7.84. The molecule has 0 aliphatic rings. The number of aromatic hydroxyl groups is 1. The predicted molar refractivity (Wildman–Crippen MR) is 69.8 cm³/mol. The van der Waals surface area contributed by atoms with Gasteiger partial charge in [0, 0.05) is 0 Å². The maximum atomic E-state index is 9.58. The molecule has 1 N–H and O–H groups in total. The molecule has 0 saturated carbocycles. The second kappa shape index (κ2) is 13.7. The van der Waals surface area contributed by atoms with Gasteiger partial charge in [-0.15, -0.1) is 0 Å². The molecular weight excluding hydrogens is 255 g/mol. The summed E-state index contributed by atoms with van der Waals surface area (Å²) in [7, 11) is 0. The van der Waals surface area contributed by atoms with E-state index in [1.165, 1.54) is 44.9 Å². The molecular formula is C15H24ClNaO. The van der Waals surface area contributed by atoms with Gasteiger partial charge in [-0.05, 0) is 24.5 Å². The molecule has 0 spiro atoms. The van der Waals surface area contributed by atoms with Crippen molar-refractivity contribution in [1.29, 1.82) is 0 Å². The fourth-order valence-electron chi connectivity index (χ4n) is 1.99. The Hall–Kier alpha value is 0.310. The largest absolute Gasteiger partial charge is 1.00 e. The topological polar surface area (TPSA) is 20.2 Å². The Morgan fingerprint density at radius 3 is 2.06 bits per heavy atom. The minimum absolute atomic E-state index is 0. The average molecular weight is 279 g/mol. The van der Waals surface area contributed by atoms with Crippen LogP contribution < -0.4 is 42.0 Å². The minimum atomic E-state index is 0. The quantitative estimate of drug-likeness (QED) is 0.463. The summed E-state index contributed by atoms with van der Waals surface area (Å²) in [6, 6.07) is 7.67. The summed E-state index contributed by atoms with van der Waals surface area (Å²) >= 11 is 0. The minimum Gasteiger partial charge on any atom is -1.00 e. The SMILES string of the molecule is CCCCCCCCCc1ccccc1O.[Cl-].[Na+]. The van der Waals surface area contributed by atoms with E-state index in [-0.39, 0.29) is 42.0 Å². The molecule has 1 aromatic carbocycles. The summed E-state index contributed by atoms with van der Waals surface area (Å²) in [5, 5.41) is 9.58. The monoisotopic (exact) mass is 278 g/mol. The van der Waals surface area contributed by atoms with Crippen molar-refractivity contribution in [2.24, 2.45) is 0 Å². The zero-order valence-electron chi connectivity index (χ0n) is 11.8. The maximum absolute atomic E-state index is 9.58. The van der Waals surface area contributed by atoms with Gasteiger partial charge in [0.15, 0.2) is 0 Å². The first-order valence-electron chi connectivity index (χ1n) is 6.61. The third-order valence-electron chi connectivity index (χ3n) is 3.04. The van der Waals surface area contributed by atoms with Crippen molar-refractivity contribution in [2.75, 3.05) is 0 Å². The van der Waals surface area contributed by atoms with E-state index in [9.17, 15) is 5.11 Å². The van der Waals surface area contributed by atoms with Gasteiger partial charge in [0.25, 0.3) is 0 Å². The van der Waals surface area contributed by atoms with Gasteiger partial charge in [-0.1, -0.05) is 63.6 Å². The number of hydrogen-bond acceptors (Lipinski definition) is 1. The number of aryl methyl sites for hydroxylation is 1. The van der Waals surface area contributed by atoms with Gasteiger partial charge < -0.3 is 17.5 Å². The molecule has 0 amide bonds. The van der Waals surface area contributed by atoms with E-state index < -0.39 is 0 Å². The van der Waals surface area contributed by atoms with Crippen LogP contribution in [-0.4, -0.2) is 5.11 Å². The first-order valence-corrected chi connectivity index (χ1v) is 6.61. The number of phenols is 1. The Morgan fingerprint density at radius 2 is 1.44 bits per heavy atom. The van der Waals surface area contributed by atoms with Gasteiger partial charge in [0.05, 0.1) is 0 Å². The summed E-state index contributed by atoms with van der Waals surface area (Å²) < 4.78 is 0. The van der Waals surface area contributed by atoms with E-state index in [0.717, 1.165) is 12.0 Å². The van der Waals surface area contributed by atoms with Crippen molar-refractivity contribution in [2.45, 2.75) is 58.3 Å². The summed E-state index contributed by atoms with van der Waals surface area (Å²) in [6.45, 7) is 2.25. The maximum Gasteiger partial charge on any atom is 1.00 e. The van der Waals surface area contributed by atoms with E-state index in [0.29, 0.717) is 5.75 Å². The van der Waals surface area contributed by atoms with Gasteiger partial charge in [-0.25, -0.2) is 0 Å². The van der Waals surface area contributed by atoms with Crippen molar-refractivity contribution in [3.63, 3.8) is 0 Å². The van der Waals surface area contributed by atoms with E-state index in [1.807, 2.05) is 18.2 Å². The Labute approximate surface area is 140 Å². The van der Waals surface area contributed by atoms with Crippen molar-refractivity contribution >= 4 is 0 Å². The molecule has 18 heavy (non-hydrogen) atoms. The summed E-state index contributed by atoms with van der Waals surface area (Å²) in [5.41, 5.74) is 1.09. The molecule has 1 rings (SSSR count). The van der Waals surface area contributed by atoms with E-state index in [4.69, 9.17) is 0 Å². The Kier molecular flexibility index (Phi) is 15.7. The summed E-state index contributed by atoms with van der Waals surface area (Å²) in [4.78, 5) is 0. The van der Waals surface area contributed by atoms with Crippen molar-refractivity contribution in [3.8, 4) is 5.75 Å². The Morgan fingerprint density at radius 1 is 0.889 bits per heavy atom. The van der Waals surface area contributed by atoms with Crippen LogP contribution in [0.4, 0.5) is 0 Å². The van der Waals surface area contributed by atoms with Crippen LogP contribution in [0.3, 0.4) is 0 Å². The van der Waals surface area contributed by atoms with Crippen LogP contribution in [-0.2, 0) is 6.42 Å². The number of phenolic OH excluding ortho intramolecular Hbond substituents is 1. The Bertz CT molecular complexity index is 292.